The molecule has 15 heavy (non-hydrogen) atoms. The molecule has 1 unspecified atom stereocenters. The van der Waals surface area contributed by atoms with Crippen LogP contribution < -0.4 is 10.5 Å². The Morgan fingerprint density at radius 2 is 2.13 bits per heavy atom. The number of fused-ring (bicyclic) bond motifs is 1. The highest BCUT2D eigenvalue weighted by atomic mass is 35.5. The van der Waals surface area contributed by atoms with Gasteiger partial charge in [-0.1, -0.05) is 26.0 Å². The summed E-state index contributed by atoms with van der Waals surface area (Å²) in [6.07, 6.45) is 0.925. The lowest BCUT2D eigenvalue weighted by Gasteiger charge is -2.24. The van der Waals surface area contributed by atoms with Gasteiger partial charge >= 0.3 is 0 Å². The predicted molar refractivity (Wildman–Crippen MR) is 64.8 cm³/mol. The zero-order valence-electron chi connectivity index (χ0n) is 9.19. The molecule has 1 aromatic carbocycles. The summed E-state index contributed by atoms with van der Waals surface area (Å²) in [5, 5.41) is 0. The van der Waals surface area contributed by atoms with E-state index in [1.165, 1.54) is 11.1 Å². The van der Waals surface area contributed by atoms with Crippen LogP contribution in [0.1, 0.15) is 43.4 Å². The van der Waals surface area contributed by atoms with Gasteiger partial charge in [-0.05, 0) is 17.5 Å². The van der Waals surface area contributed by atoms with Crippen molar-refractivity contribution in [3.05, 3.63) is 29.3 Å². The zero-order valence-corrected chi connectivity index (χ0v) is 10.0. The van der Waals surface area contributed by atoms with Crippen molar-refractivity contribution < 1.29 is 4.74 Å². The zero-order chi connectivity index (χ0) is 10.1. The minimum absolute atomic E-state index is 0. The number of hydrogen-bond acceptors (Lipinski definition) is 2. The third-order valence-corrected chi connectivity index (χ3v) is 2.79. The molecule has 3 heteroatoms. The Hall–Kier alpha value is -0.730. The summed E-state index contributed by atoms with van der Waals surface area (Å²) < 4.78 is 5.55. The molecule has 0 spiro atoms. The van der Waals surface area contributed by atoms with E-state index in [9.17, 15) is 0 Å². The second-order valence-electron chi connectivity index (χ2n) is 4.20. The van der Waals surface area contributed by atoms with Crippen LogP contribution in [0.15, 0.2) is 18.2 Å². The third-order valence-electron chi connectivity index (χ3n) is 2.79. The molecular weight excluding hydrogens is 210 g/mol. The summed E-state index contributed by atoms with van der Waals surface area (Å²) in [6.45, 7) is 5.13. The summed E-state index contributed by atoms with van der Waals surface area (Å²) in [5.74, 6) is 1.52. The van der Waals surface area contributed by atoms with Gasteiger partial charge in [0.2, 0.25) is 0 Å². The maximum absolute atomic E-state index is 6.04. The first kappa shape index (κ1) is 12.3. The van der Waals surface area contributed by atoms with Crippen molar-refractivity contribution in [2.75, 3.05) is 6.61 Å². The van der Waals surface area contributed by atoms with Gasteiger partial charge in [0, 0.05) is 18.0 Å². The van der Waals surface area contributed by atoms with Gasteiger partial charge in [-0.25, -0.2) is 0 Å². The molecule has 1 atom stereocenters. The first-order chi connectivity index (χ1) is 6.68. The van der Waals surface area contributed by atoms with Crippen LogP contribution in [0.25, 0.3) is 0 Å². The molecule has 1 aromatic rings. The van der Waals surface area contributed by atoms with Crippen LogP contribution >= 0.6 is 12.4 Å². The SMILES string of the molecule is CC(C)c1ccc2c(c1)C(N)CCO2.Cl. The van der Waals surface area contributed by atoms with Gasteiger partial charge in [0.15, 0.2) is 0 Å². The van der Waals surface area contributed by atoms with Gasteiger partial charge in [0.25, 0.3) is 0 Å². The smallest absolute Gasteiger partial charge is 0.124 e. The molecule has 2 N–H and O–H groups in total. The number of benzene rings is 1. The van der Waals surface area contributed by atoms with Crippen LogP contribution in [0.4, 0.5) is 0 Å². The highest BCUT2D eigenvalue weighted by Gasteiger charge is 2.18. The summed E-state index contributed by atoms with van der Waals surface area (Å²) in [5.41, 5.74) is 8.54. The van der Waals surface area contributed by atoms with E-state index in [4.69, 9.17) is 10.5 Å². The molecule has 2 nitrogen and oxygen atoms in total. The lowest BCUT2D eigenvalue weighted by Crippen LogP contribution is -2.20. The van der Waals surface area contributed by atoms with Crippen molar-refractivity contribution in [3.63, 3.8) is 0 Å². The highest BCUT2D eigenvalue weighted by Crippen LogP contribution is 2.32. The van der Waals surface area contributed by atoms with Gasteiger partial charge in [0.1, 0.15) is 5.75 Å². The van der Waals surface area contributed by atoms with E-state index in [1.807, 2.05) is 6.07 Å². The number of nitrogens with two attached hydrogens (primary N) is 1. The van der Waals surface area contributed by atoms with Crippen LogP contribution in [-0.2, 0) is 0 Å². The molecule has 1 aliphatic rings. The van der Waals surface area contributed by atoms with E-state index < -0.39 is 0 Å². The van der Waals surface area contributed by atoms with E-state index in [1.54, 1.807) is 0 Å². The Morgan fingerprint density at radius 3 is 2.80 bits per heavy atom. The maximum Gasteiger partial charge on any atom is 0.124 e. The van der Waals surface area contributed by atoms with Gasteiger partial charge in [-0.2, -0.15) is 0 Å². The van der Waals surface area contributed by atoms with Crippen LogP contribution in [0.3, 0.4) is 0 Å². The predicted octanol–water partition coefficient (Wildman–Crippen LogP) is 3.01. The highest BCUT2D eigenvalue weighted by molar-refractivity contribution is 5.85. The fourth-order valence-corrected chi connectivity index (χ4v) is 1.80. The molecule has 2 rings (SSSR count). The molecule has 0 saturated heterocycles. The minimum atomic E-state index is 0. The third kappa shape index (κ3) is 2.44. The number of ether oxygens (including phenoxy) is 1. The van der Waals surface area contributed by atoms with Crippen molar-refractivity contribution in [3.8, 4) is 5.75 Å². The quantitative estimate of drug-likeness (QED) is 0.801. The minimum Gasteiger partial charge on any atom is -0.493 e. The Kier molecular flexibility index (Phi) is 4.00. The number of halogens is 1. The van der Waals surface area contributed by atoms with Crippen molar-refractivity contribution >= 4 is 12.4 Å². The van der Waals surface area contributed by atoms with Crippen molar-refractivity contribution in [1.82, 2.24) is 0 Å². The molecule has 1 heterocycles. The van der Waals surface area contributed by atoms with Gasteiger partial charge in [-0.3, -0.25) is 0 Å². The normalized spacial score (nSPS) is 19.1. The standard InChI is InChI=1S/C12H17NO.ClH/c1-8(2)9-3-4-12-10(7-9)11(13)5-6-14-12;/h3-4,7-8,11H,5-6,13H2,1-2H3;1H. The first-order valence-electron chi connectivity index (χ1n) is 5.20. The number of hydrogen-bond donors (Lipinski definition) is 1. The van der Waals surface area contributed by atoms with E-state index >= 15 is 0 Å². The lowest BCUT2D eigenvalue weighted by molar-refractivity contribution is 0.269. The fraction of sp³-hybridized carbons (Fsp3) is 0.500. The summed E-state index contributed by atoms with van der Waals surface area (Å²) in [6, 6.07) is 6.51. The molecule has 0 amide bonds. The summed E-state index contributed by atoms with van der Waals surface area (Å²) >= 11 is 0. The Labute approximate surface area is 97.2 Å². The van der Waals surface area contributed by atoms with Gasteiger partial charge in [-0.15, -0.1) is 12.4 Å². The van der Waals surface area contributed by atoms with E-state index in [0.717, 1.165) is 18.8 Å². The van der Waals surface area contributed by atoms with Crippen LogP contribution in [-0.4, -0.2) is 6.61 Å². The average Bonchev–Trinajstić information content (AvgIpc) is 2.18. The maximum atomic E-state index is 6.04. The molecule has 0 fully saturated rings. The molecule has 0 radical (unpaired) electrons. The lowest BCUT2D eigenvalue weighted by atomic mass is 9.95. The van der Waals surface area contributed by atoms with E-state index in [-0.39, 0.29) is 18.4 Å². The monoisotopic (exact) mass is 227 g/mol. The second-order valence-corrected chi connectivity index (χ2v) is 4.20. The molecule has 0 aromatic heterocycles. The molecule has 0 aliphatic carbocycles. The average molecular weight is 228 g/mol. The largest absolute Gasteiger partial charge is 0.493 e. The Balaban J connectivity index is 0.00000112. The first-order valence-corrected chi connectivity index (χ1v) is 5.20. The molecule has 0 saturated carbocycles. The van der Waals surface area contributed by atoms with Crippen LogP contribution in [0, 0.1) is 0 Å². The fourth-order valence-electron chi connectivity index (χ4n) is 1.80. The Morgan fingerprint density at radius 1 is 1.40 bits per heavy atom. The molecular formula is C12H18ClNO. The second kappa shape index (κ2) is 4.86. The van der Waals surface area contributed by atoms with E-state index in [0.29, 0.717) is 5.92 Å². The van der Waals surface area contributed by atoms with Crippen molar-refractivity contribution in [2.45, 2.75) is 32.2 Å². The number of rotatable bonds is 1. The van der Waals surface area contributed by atoms with E-state index in [2.05, 4.69) is 26.0 Å². The summed E-state index contributed by atoms with van der Waals surface area (Å²) in [7, 11) is 0. The topological polar surface area (TPSA) is 35.2 Å². The van der Waals surface area contributed by atoms with Gasteiger partial charge < -0.3 is 10.5 Å². The van der Waals surface area contributed by atoms with Gasteiger partial charge in [0.05, 0.1) is 6.61 Å². The molecule has 84 valence electrons. The Bertz CT molecular complexity index is 338. The van der Waals surface area contributed by atoms with Crippen LogP contribution in [0.5, 0.6) is 5.75 Å². The van der Waals surface area contributed by atoms with Crippen molar-refractivity contribution in [1.29, 1.82) is 0 Å². The molecule has 0 bridgehead atoms. The molecule has 1 aliphatic heterocycles. The van der Waals surface area contributed by atoms with Crippen LogP contribution in [0.2, 0.25) is 0 Å². The van der Waals surface area contributed by atoms with Crippen molar-refractivity contribution in [2.24, 2.45) is 5.73 Å². The summed E-state index contributed by atoms with van der Waals surface area (Å²) in [4.78, 5) is 0.